The fourth-order valence-corrected chi connectivity index (χ4v) is 1.67. The summed E-state index contributed by atoms with van der Waals surface area (Å²) in [5, 5.41) is 0. The van der Waals surface area contributed by atoms with E-state index < -0.39 is 0 Å². The zero-order valence-electron chi connectivity index (χ0n) is 11.6. The summed E-state index contributed by atoms with van der Waals surface area (Å²) in [6.07, 6.45) is 3.96. The molecule has 0 bridgehead atoms. The van der Waals surface area contributed by atoms with Crippen molar-refractivity contribution in [3.63, 3.8) is 0 Å². The first-order valence-corrected chi connectivity index (χ1v) is 6.09. The van der Waals surface area contributed by atoms with E-state index in [9.17, 15) is 0 Å². The Labute approximate surface area is 101 Å². The monoisotopic (exact) mass is 224 g/mol. The van der Waals surface area contributed by atoms with Gasteiger partial charge in [0.2, 0.25) is 0 Å². The van der Waals surface area contributed by atoms with Crippen LogP contribution in [0.5, 0.6) is 0 Å². The highest BCUT2D eigenvalue weighted by Gasteiger charge is 2.50. The van der Waals surface area contributed by atoms with Crippen LogP contribution in [0.3, 0.4) is 0 Å². The van der Waals surface area contributed by atoms with Crippen LogP contribution >= 0.6 is 0 Å². The van der Waals surface area contributed by atoms with E-state index in [0.29, 0.717) is 0 Å². The lowest BCUT2D eigenvalue weighted by Gasteiger charge is -2.32. The first-order valence-electron chi connectivity index (χ1n) is 6.09. The molecule has 0 unspecified atom stereocenters. The van der Waals surface area contributed by atoms with Crippen LogP contribution in [0.1, 0.15) is 48.0 Å². The van der Waals surface area contributed by atoms with Gasteiger partial charge in [-0.2, -0.15) is 0 Å². The first-order chi connectivity index (χ1) is 7.10. The van der Waals surface area contributed by atoms with Crippen LogP contribution in [0.15, 0.2) is 12.7 Å². The van der Waals surface area contributed by atoms with Crippen molar-refractivity contribution in [3.05, 3.63) is 12.7 Å². The number of allylic oxidation sites excluding steroid dienone is 1. The van der Waals surface area contributed by atoms with Crippen molar-refractivity contribution in [1.82, 2.24) is 0 Å². The normalized spacial score (nSPS) is 23.5. The zero-order chi connectivity index (χ0) is 12.6. The molecule has 0 spiro atoms. The van der Waals surface area contributed by atoms with Crippen LogP contribution in [0.2, 0.25) is 6.32 Å². The highest BCUT2D eigenvalue weighted by molar-refractivity contribution is 6.45. The molecule has 3 heteroatoms. The van der Waals surface area contributed by atoms with Gasteiger partial charge in [0.05, 0.1) is 11.2 Å². The van der Waals surface area contributed by atoms with Gasteiger partial charge in [-0.05, 0) is 45.9 Å². The maximum absolute atomic E-state index is 5.95. The van der Waals surface area contributed by atoms with Crippen LogP contribution in [-0.4, -0.2) is 18.3 Å². The van der Waals surface area contributed by atoms with E-state index in [1.165, 1.54) is 0 Å². The summed E-state index contributed by atoms with van der Waals surface area (Å²) in [7, 11) is -0.0794. The van der Waals surface area contributed by atoms with Crippen molar-refractivity contribution < 1.29 is 9.31 Å². The van der Waals surface area contributed by atoms with Gasteiger partial charge in [-0.15, -0.1) is 6.58 Å². The predicted molar refractivity (Wildman–Crippen MR) is 69.5 cm³/mol. The minimum absolute atomic E-state index is 0.0794. The molecule has 0 N–H and O–H groups in total. The summed E-state index contributed by atoms with van der Waals surface area (Å²) >= 11 is 0. The molecule has 2 nitrogen and oxygen atoms in total. The maximum Gasteiger partial charge on any atom is 0.457 e. The SMILES string of the molecule is C=CC(C)(C)CCB1OC(C)(C)C(C)(C)O1. The smallest absolute Gasteiger partial charge is 0.403 e. The average Bonchev–Trinajstić information content (AvgIpc) is 2.33. The van der Waals surface area contributed by atoms with Crippen LogP contribution < -0.4 is 0 Å². The van der Waals surface area contributed by atoms with Crippen molar-refractivity contribution in [2.75, 3.05) is 0 Å². The summed E-state index contributed by atoms with van der Waals surface area (Å²) in [4.78, 5) is 0. The molecule has 1 heterocycles. The highest BCUT2D eigenvalue weighted by atomic mass is 16.7. The third-order valence-corrected chi connectivity index (χ3v) is 3.88. The highest BCUT2D eigenvalue weighted by Crippen LogP contribution is 2.39. The number of hydrogen-bond acceptors (Lipinski definition) is 2. The molecule has 0 radical (unpaired) electrons. The second-order valence-electron chi connectivity index (χ2n) is 6.42. The molecule has 0 aromatic carbocycles. The average molecular weight is 224 g/mol. The molecule has 1 saturated heterocycles. The third kappa shape index (κ3) is 2.89. The predicted octanol–water partition coefficient (Wildman–Crippen LogP) is 3.68. The molecule has 92 valence electrons. The van der Waals surface area contributed by atoms with Crippen LogP contribution in [0.25, 0.3) is 0 Å². The molecular weight excluding hydrogens is 199 g/mol. The molecule has 16 heavy (non-hydrogen) atoms. The topological polar surface area (TPSA) is 18.5 Å². The van der Waals surface area contributed by atoms with Gasteiger partial charge in [0.15, 0.2) is 0 Å². The molecule has 0 aliphatic carbocycles. The Kier molecular flexibility index (Phi) is 3.61. The fraction of sp³-hybridized carbons (Fsp3) is 0.846. The first kappa shape index (κ1) is 13.8. The Bertz CT molecular complexity index is 253. The molecule has 0 amide bonds. The minimum atomic E-state index is -0.212. The van der Waals surface area contributed by atoms with E-state index in [2.05, 4.69) is 48.1 Å². The Morgan fingerprint density at radius 3 is 1.94 bits per heavy atom. The van der Waals surface area contributed by atoms with Gasteiger partial charge in [-0.3, -0.25) is 0 Å². The molecule has 0 atom stereocenters. The summed E-state index contributed by atoms with van der Waals surface area (Å²) in [5.41, 5.74) is -0.268. The molecule has 0 saturated carbocycles. The van der Waals surface area contributed by atoms with E-state index in [4.69, 9.17) is 9.31 Å². The van der Waals surface area contributed by atoms with Crippen molar-refractivity contribution in [1.29, 1.82) is 0 Å². The lowest BCUT2D eigenvalue weighted by atomic mass is 9.75. The molecule has 0 aromatic heterocycles. The van der Waals surface area contributed by atoms with E-state index >= 15 is 0 Å². The number of rotatable bonds is 4. The summed E-state index contributed by atoms with van der Waals surface area (Å²) in [6, 6.07) is 0. The Balaban J connectivity index is 2.52. The van der Waals surface area contributed by atoms with Gasteiger partial charge in [-0.25, -0.2) is 0 Å². The zero-order valence-corrected chi connectivity index (χ0v) is 11.6. The van der Waals surface area contributed by atoms with Crippen molar-refractivity contribution in [2.24, 2.45) is 5.41 Å². The van der Waals surface area contributed by atoms with Gasteiger partial charge in [0, 0.05) is 0 Å². The maximum atomic E-state index is 5.95. The van der Waals surface area contributed by atoms with Crippen LogP contribution in [0.4, 0.5) is 0 Å². The van der Waals surface area contributed by atoms with E-state index in [-0.39, 0.29) is 23.7 Å². The van der Waals surface area contributed by atoms with E-state index in [0.717, 1.165) is 12.7 Å². The lowest BCUT2D eigenvalue weighted by molar-refractivity contribution is 0.00578. The third-order valence-electron chi connectivity index (χ3n) is 3.88. The van der Waals surface area contributed by atoms with Crippen molar-refractivity contribution in [2.45, 2.75) is 65.5 Å². The molecule has 0 aromatic rings. The van der Waals surface area contributed by atoms with Gasteiger partial charge in [0.1, 0.15) is 0 Å². The van der Waals surface area contributed by atoms with Crippen molar-refractivity contribution in [3.8, 4) is 0 Å². The summed E-state index contributed by atoms with van der Waals surface area (Å²) in [5.74, 6) is 0. The molecule has 1 aliphatic rings. The van der Waals surface area contributed by atoms with E-state index in [1.807, 2.05) is 6.08 Å². The van der Waals surface area contributed by atoms with Gasteiger partial charge >= 0.3 is 7.12 Å². The van der Waals surface area contributed by atoms with Crippen molar-refractivity contribution >= 4 is 7.12 Å². The fourth-order valence-electron chi connectivity index (χ4n) is 1.67. The molecule has 1 rings (SSSR count). The largest absolute Gasteiger partial charge is 0.457 e. The lowest BCUT2D eigenvalue weighted by Crippen LogP contribution is -2.41. The molecule has 1 fully saturated rings. The standard InChI is InChI=1S/C13H25BO2/c1-8-11(2,3)9-10-14-15-12(4,5)13(6,7)16-14/h8H,1,9-10H2,2-7H3. The quantitative estimate of drug-likeness (QED) is 0.535. The molecule has 1 aliphatic heterocycles. The van der Waals surface area contributed by atoms with Gasteiger partial charge < -0.3 is 9.31 Å². The Morgan fingerprint density at radius 1 is 1.12 bits per heavy atom. The minimum Gasteiger partial charge on any atom is -0.403 e. The van der Waals surface area contributed by atoms with Gasteiger partial charge in [0.25, 0.3) is 0 Å². The Morgan fingerprint density at radius 2 is 1.56 bits per heavy atom. The summed E-state index contributed by atoms with van der Waals surface area (Å²) in [6.45, 7) is 16.6. The Hall–Kier alpha value is -0.275. The van der Waals surface area contributed by atoms with E-state index in [1.54, 1.807) is 0 Å². The molecular formula is C13H25BO2. The second kappa shape index (κ2) is 4.19. The van der Waals surface area contributed by atoms with Crippen LogP contribution in [-0.2, 0) is 9.31 Å². The van der Waals surface area contributed by atoms with Gasteiger partial charge in [-0.1, -0.05) is 19.9 Å². The summed E-state index contributed by atoms with van der Waals surface area (Å²) < 4.78 is 11.9. The second-order valence-corrected chi connectivity index (χ2v) is 6.42. The number of hydrogen-bond donors (Lipinski definition) is 0. The van der Waals surface area contributed by atoms with Crippen LogP contribution in [0, 0.1) is 5.41 Å².